The van der Waals surface area contributed by atoms with Crippen LogP contribution >= 0.6 is 11.6 Å². The number of nitrogens with zero attached hydrogens (tertiary/aromatic N) is 3. The lowest BCUT2D eigenvalue weighted by molar-refractivity contribution is -0.577. The van der Waals surface area contributed by atoms with E-state index in [1.165, 1.54) is 9.58 Å². The van der Waals surface area contributed by atoms with Gasteiger partial charge in [-0.1, -0.05) is 32.4 Å². The number of pyridine rings is 1. The maximum atomic E-state index is 13.7. The Morgan fingerprint density at radius 1 is 1.06 bits per heavy atom. The third-order valence-electron chi connectivity index (χ3n) is 5.63. The van der Waals surface area contributed by atoms with Gasteiger partial charge in [0.1, 0.15) is 5.57 Å². The highest BCUT2D eigenvalue weighted by atomic mass is 35.5. The van der Waals surface area contributed by atoms with Gasteiger partial charge >= 0.3 is 5.91 Å². The predicted octanol–water partition coefficient (Wildman–Crippen LogP) is 3.69. The van der Waals surface area contributed by atoms with Crippen LogP contribution in [0.25, 0.3) is 17.0 Å². The van der Waals surface area contributed by atoms with Crippen molar-refractivity contribution in [3.05, 3.63) is 81.0 Å². The molecule has 7 nitrogen and oxygen atoms in total. The third-order valence-corrected chi connectivity index (χ3v) is 5.88. The maximum absolute atomic E-state index is 13.7. The first kappa shape index (κ1) is 22.7. The molecule has 0 fully saturated rings. The highest BCUT2D eigenvalue weighted by Gasteiger charge is 2.47. The molecule has 0 atom stereocenters. The number of aromatic nitrogens is 3. The van der Waals surface area contributed by atoms with E-state index >= 15 is 0 Å². The number of hydrogen-bond donors (Lipinski definition) is 1. The molecule has 8 heteroatoms. The lowest BCUT2D eigenvalue weighted by atomic mass is 9.98. The molecule has 2 amide bonds. The van der Waals surface area contributed by atoms with Gasteiger partial charge in [0.25, 0.3) is 17.2 Å². The Kier molecular flexibility index (Phi) is 6.08. The fourth-order valence-electron chi connectivity index (χ4n) is 4.07. The Morgan fingerprint density at radius 3 is 2.36 bits per heavy atom. The number of imide groups is 1. The minimum atomic E-state index is -0.452. The number of aromatic amines is 1. The molecule has 170 valence electrons. The lowest BCUT2D eigenvalue weighted by Crippen LogP contribution is -2.40. The van der Waals surface area contributed by atoms with Crippen LogP contribution in [-0.4, -0.2) is 33.0 Å². The Hall–Kier alpha value is -3.45. The summed E-state index contributed by atoms with van der Waals surface area (Å²) in [5, 5.41) is 3.71. The summed E-state index contributed by atoms with van der Waals surface area (Å²) in [6.45, 7) is 7.97. The summed E-state index contributed by atoms with van der Waals surface area (Å²) >= 11 is 6.01. The second-order valence-electron chi connectivity index (χ2n) is 8.45. The van der Waals surface area contributed by atoms with Crippen molar-refractivity contribution in [3.63, 3.8) is 0 Å². The number of aryl methyl sites for hydroxylation is 1. The summed E-state index contributed by atoms with van der Waals surface area (Å²) in [4.78, 5) is 41.9. The monoisotopic (exact) mass is 465 g/mol. The van der Waals surface area contributed by atoms with Gasteiger partial charge in [0.15, 0.2) is 12.4 Å². The van der Waals surface area contributed by atoms with E-state index < -0.39 is 11.8 Å². The zero-order valence-electron chi connectivity index (χ0n) is 19.1. The van der Waals surface area contributed by atoms with E-state index in [9.17, 15) is 14.4 Å². The number of halogens is 1. The van der Waals surface area contributed by atoms with Gasteiger partial charge in [0.05, 0.1) is 11.3 Å². The van der Waals surface area contributed by atoms with Crippen LogP contribution in [0.15, 0.2) is 53.6 Å². The molecule has 0 spiro atoms. The average molecular weight is 466 g/mol. The van der Waals surface area contributed by atoms with Crippen molar-refractivity contribution in [2.24, 2.45) is 0 Å². The minimum absolute atomic E-state index is 0.0966. The number of hydrogen-bond acceptors (Lipinski definition) is 3. The third kappa shape index (κ3) is 3.93. The van der Waals surface area contributed by atoms with Gasteiger partial charge in [-0.2, -0.15) is 4.57 Å². The molecule has 0 radical (unpaired) electrons. The standard InChI is InChI=1S/C25H25ClN4O3/c1-5-12-29-23(31)20(22(25(29)33)28-13-6-7-16(4)14-28)19-21(15(2)3)27-30(24(19)32)18-10-8-17(26)9-11-18/h6-11,13-15H,5,12H2,1-4H3/p+1. The summed E-state index contributed by atoms with van der Waals surface area (Å²) in [5.74, 6) is -0.950. The molecule has 0 saturated heterocycles. The first-order valence-corrected chi connectivity index (χ1v) is 11.3. The molecule has 1 aromatic carbocycles. The van der Waals surface area contributed by atoms with Crippen molar-refractivity contribution in [1.29, 1.82) is 0 Å². The molecule has 2 aromatic heterocycles. The fourth-order valence-corrected chi connectivity index (χ4v) is 4.20. The minimum Gasteiger partial charge on any atom is -0.294 e. The van der Waals surface area contributed by atoms with Crippen LogP contribution < -0.4 is 10.1 Å². The molecule has 3 aromatic rings. The number of H-pyrrole nitrogens is 1. The number of nitrogens with one attached hydrogen (secondary N) is 1. The SMILES string of the molecule is CCCN1C(=O)C(c2c(C(C)C)[nH]n(-c3ccc(Cl)cc3)c2=O)=C([n+]2cccc(C)c2)C1=O. The lowest BCUT2D eigenvalue weighted by Gasteiger charge is -2.12. The fraction of sp³-hybridized carbons (Fsp3) is 0.280. The van der Waals surface area contributed by atoms with Crippen LogP contribution in [0, 0.1) is 6.92 Å². The molecule has 1 aliphatic rings. The smallest absolute Gasteiger partial charge is 0.294 e. The van der Waals surface area contributed by atoms with Crippen LogP contribution in [0.4, 0.5) is 0 Å². The molecule has 0 bridgehead atoms. The van der Waals surface area contributed by atoms with Crippen molar-refractivity contribution in [2.45, 2.75) is 40.0 Å². The Balaban J connectivity index is 2.03. The van der Waals surface area contributed by atoms with Gasteiger partial charge in [-0.05, 0) is 49.6 Å². The van der Waals surface area contributed by atoms with Gasteiger partial charge in [-0.15, -0.1) is 0 Å². The molecule has 0 unspecified atom stereocenters. The highest BCUT2D eigenvalue weighted by molar-refractivity contribution is 6.44. The van der Waals surface area contributed by atoms with Crippen LogP contribution in [0.3, 0.4) is 0 Å². The zero-order chi connectivity index (χ0) is 23.9. The molecule has 0 aliphatic carbocycles. The maximum Gasteiger partial charge on any atom is 0.326 e. The molecule has 33 heavy (non-hydrogen) atoms. The number of carbonyl (C=O) groups is 2. The Morgan fingerprint density at radius 2 is 1.76 bits per heavy atom. The van der Waals surface area contributed by atoms with Crippen LogP contribution in [0.1, 0.15) is 49.9 Å². The topological polar surface area (TPSA) is 79.1 Å². The van der Waals surface area contributed by atoms with Crippen LogP contribution in [0.5, 0.6) is 0 Å². The van der Waals surface area contributed by atoms with E-state index in [-0.39, 0.29) is 34.9 Å². The Bertz CT molecular complexity index is 1330. The van der Waals surface area contributed by atoms with Crippen molar-refractivity contribution >= 4 is 34.7 Å². The van der Waals surface area contributed by atoms with Gasteiger partial charge in [0.2, 0.25) is 0 Å². The molecule has 4 rings (SSSR count). The zero-order valence-corrected chi connectivity index (χ0v) is 19.8. The predicted molar refractivity (Wildman–Crippen MR) is 127 cm³/mol. The second-order valence-corrected chi connectivity index (χ2v) is 8.88. The number of amides is 2. The van der Waals surface area contributed by atoms with Crippen molar-refractivity contribution in [2.75, 3.05) is 6.54 Å². The highest BCUT2D eigenvalue weighted by Crippen LogP contribution is 2.32. The van der Waals surface area contributed by atoms with E-state index in [0.717, 1.165) is 5.56 Å². The summed E-state index contributed by atoms with van der Waals surface area (Å²) in [6.07, 6.45) is 4.13. The Labute approximate surface area is 196 Å². The van der Waals surface area contributed by atoms with Gasteiger partial charge in [-0.25, -0.2) is 4.68 Å². The first-order valence-electron chi connectivity index (χ1n) is 10.9. The van der Waals surface area contributed by atoms with E-state index in [0.29, 0.717) is 22.8 Å². The second kappa shape index (κ2) is 8.83. The number of benzene rings is 1. The largest absolute Gasteiger partial charge is 0.326 e. The summed E-state index contributed by atoms with van der Waals surface area (Å²) < 4.78 is 3.04. The van der Waals surface area contributed by atoms with Crippen LogP contribution in [0.2, 0.25) is 5.02 Å². The van der Waals surface area contributed by atoms with Crippen molar-refractivity contribution < 1.29 is 14.2 Å². The quantitative estimate of drug-likeness (QED) is 0.445. The van der Waals surface area contributed by atoms with E-state index in [1.807, 2.05) is 39.8 Å². The van der Waals surface area contributed by atoms with E-state index in [4.69, 9.17) is 11.6 Å². The molecule has 0 saturated carbocycles. The number of carbonyl (C=O) groups excluding carboxylic acids is 2. The summed E-state index contributed by atoms with van der Waals surface area (Å²) in [5.41, 5.74) is 2.26. The summed E-state index contributed by atoms with van der Waals surface area (Å²) in [7, 11) is 0. The van der Waals surface area contributed by atoms with Gasteiger partial charge in [0, 0.05) is 28.9 Å². The number of rotatable bonds is 6. The molecular weight excluding hydrogens is 440 g/mol. The molecular formula is C25H26ClN4O3+. The molecule has 3 heterocycles. The van der Waals surface area contributed by atoms with Crippen LogP contribution in [-0.2, 0) is 9.59 Å². The molecule has 1 N–H and O–H groups in total. The first-order chi connectivity index (χ1) is 15.7. The van der Waals surface area contributed by atoms with Crippen molar-refractivity contribution in [1.82, 2.24) is 14.7 Å². The average Bonchev–Trinajstić information content (AvgIpc) is 3.23. The summed E-state index contributed by atoms with van der Waals surface area (Å²) in [6, 6.07) is 10.6. The van der Waals surface area contributed by atoms with E-state index in [1.54, 1.807) is 41.2 Å². The van der Waals surface area contributed by atoms with Gasteiger partial charge in [-0.3, -0.25) is 24.4 Å². The van der Waals surface area contributed by atoms with Gasteiger partial charge < -0.3 is 0 Å². The normalized spacial score (nSPS) is 14.2. The van der Waals surface area contributed by atoms with Crippen molar-refractivity contribution in [3.8, 4) is 5.69 Å². The molecule has 1 aliphatic heterocycles. The van der Waals surface area contributed by atoms with E-state index in [2.05, 4.69) is 5.10 Å².